The molecule has 0 fully saturated rings. The molecule has 4 aromatic rings. The topological polar surface area (TPSA) is 118 Å². The molecule has 0 saturated heterocycles. The Kier molecular flexibility index (Phi) is 7.66. The predicted molar refractivity (Wildman–Crippen MR) is 142 cm³/mol. The Bertz CT molecular complexity index is 1570. The average molecular weight is 538 g/mol. The molecule has 0 unspecified atom stereocenters. The number of furan rings is 1. The molecule has 37 heavy (non-hydrogen) atoms. The van der Waals surface area contributed by atoms with Gasteiger partial charge in [-0.05, 0) is 73.5 Å². The summed E-state index contributed by atoms with van der Waals surface area (Å²) in [5, 5.41) is 5.38. The first-order valence-electron chi connectivity index (χ1n) is 11.2. The number of para-hydroxylation sites is 1. The van der Waals surface area contributed by atoms with Gasteiger partial charge in [-0.3, -0.25) is 14.3 Å². The van der Waals surface area contributed by atoms with Crippen molar-refractivity contribution in [3.63, 3.8) is 0 Å². The van der Waals surface area contributed by atoms with E-state index in [0.717, 1.165) is 11.1 Å². The number of anilines is 2. The number of benzene rings is 3. The lowest BCUT2D eigenvalue weighted by atomic mass is 10.1. The number of halogens is 1. The number of sulfonamides is 1. The zero-order valence-corrected chi connectivity index (χ0v) is 21.6. The fourth-order valence-electron chi connectivity index (χ4n) is 3.56. The Hall–Kier alpha value is -4.08. The lowest BCUT2D eigenvalue weighted by molar-refractivity contribution is 0.0949. The van der Waals surface area contributed by atoms with Gasteiger partial charge in [-0.2, -0.15) is 0 Å². The van der Waals surface area contributed by atoms with Crippen molar-refractivity contribution in [1.82, 2.24) is 5.32 Å². The SMILES string of the molecule is Cc1ccc(C)c(NS(=O)(=O)c2cc(C(=O)Nc3ccccc3C(=O)NCc3ccco3)ccc2Cl)c1. The summed E-state index contributed by atoms with van der Waals surface area (Å²) in [6.07, 6.45) is 1.51. The fourth-order valence-corrected chi connectivity index (χ4v) is 5.20. The molecule has 190 valence electrons. The number of amides is 2. The van der Waals surface area contributed by atoms with Crippen molar-refractivity contribution in [3.8, 4) is 0 Å². The van der Waals surface area contributed by atoms with Gasteiger partial charge < -0.3 is 15.1 Å². The quantitative estimate of drug-likeness (QED) is 0.273. The Morgan fingerprint density at radius 2 is 1.68 bits per heavy atom. The van der Waals surface area contributed by atoms with Crippen LogP contribution in [0.25, 0.3) is 0 Å². The van der Waals surface area contributed by atoms with E-state index in [-0.39, 0.29) is 33.3 Å². The Balaban J connectivity index is 1.55. The molecule has 8 nitrogen and oxygen atoms in total. The zero-order valence-electron chi connectivity index (χ0n) is 20.0. The van der Waals surface area contributed by atoms with Crippen LogP contribution in [-0.4, -0.2) is 20.2 Å². The largest absolute Gasteiger partial charge is 0.467 e. The van der Waals surface area contributed by atoms with Crippen LogP contribution in [0.5, 0.6) is 0 Å². The van der Waals surface area contributed by atoms with Crippen LogP contribution in [0.4, 0.5) is 11.4 Å². The first kappa shape index (κ1) is 26.0. The average Bonchev–Trinajstić information content (AvgIpc) is 3.39. The maximum absolute atomic E-state index is 13.1. The molecule has 0 aliphatic rings. The van der Waals surface area contributed by atoms with Gasteiger partial charge in [0.25, 0.3) is 21.8 Å². The molecule has 1 heterocycles. The van der Waals surface area contributed by atoms with Crippen molar-refractivity contribution >= 4 is 44.8 Å². The van der Waals surface area contributed by atoms with Crippen molar-refractivity contribution in [2.24, 2.45) is 0 Å². The highest BCUT2D eigenvalue weighted by molar-refractivity contribution is 7.92. The Morgan fingerprint density at radius 3 is 2.43 bits per heavy atom. The molecule has 0 bridgehead atoms. The highest BCUT2D eigenvalue weighted by atomic mass is 35.5. The Morgan fingerprint density at radius 1 is 0.892 bits per heavy atom. The van der Waals surface area contributed by atoms with Crippen LogP contribution >= 0.6 is 11.6 Å². The number of hydrogen-bond donors (Lipinski definition) is 3. The predicted octanol–water partition coefficient (Wildman–Crippen LogP) is 5.53. The van der Waals surface area contributed by atoms with Crippen LogP contribution in [0.15, 0.2) is 88.4 Å². The van der Waals surface area contributed by atoms with Crippen molar-refractivity contribution in [1.29, 1.82) is 0 Å². The zero-order chi connectivity index (χ0) is 26.6. The second kappa shape index (κ2) is 10.9. The first-order valence-corrected chi connectivity index (χ1v) is 13.1. The molecule has 0 atom stereocenters. The van der Waals surface area contributed by atoms with Gasteiger partial charge in [0.15, 0.2) is 0 Å². The smallest absolute Gasteiger partial charge is 0.263 e. The van der Waals surface area contributed by atoms with Crippen molar-refractivity contribution in [2.45, 2.75) is 25.3 Å². The molecule has 2 amide bonds. The molecule has 10 heteroatoms. The number of carbonyl (C=O) groups excluding carboxylic acids is 2. The number of aryl methyl sites for hydroxylation is 2. The molecule has 3 N–H and O–H groups in total. The van der Waals surface area contributed by atoms with Crippen molar-refractivity contribution in [3.05, 3.63) is 112 Å². The molecule has 0 radical (unpaired) electrons. The molecule has 0 aliphatic carbocycles. The summed E-state index contributed by atoms with van der Waals surface area (Å²) >= 11 is 6.22. The van der Waals surface area contributed by atoms with E-state index >= 15 is 0 Å². The molecular formula is C27H24ClN3O5S. The summed E-state index contributed by atoms with van der Waals surface area (Å²) in [4.78, 5) is 25.5. The lowest BCUT2D eigenvalue weighted by Crippen LogP contribution is -2.24. The van der Waals surface area contributed by atoms with Gasteiger partial charge >= 0.3 is 0 Å². The minimum atomic E-state index is -4.10. The monoisotopic (exact) mass is 537 g/mol. The first-order chi connectivity index (χ1) is 17.6. The standard InChI is InChI=1S/C27H24ClN3O5S/c1-17-9-10-18(2)24(14-17)31-37(34,35)25-15-19(11-12-22(25)28)26(32)30-23-8-4-3-7-21(23)27(33)29-16-20-6-5-13-36-20/h3-15,31H,16H2,1-2H3,(H,29,33)(H,30,32). The molecule has 1 aromatic heterocycles. The van der Waals surface area contributed by atoms with Crippen LogP contribution in [0.2, 0.25) is 5.02 Å². The highest BCUT2D eigenvalue weighted by Gasteiger charge is 2.22. The van der Waals surface area contributed by atoms with E-state index in [1.165, 1.54) is 24.5 Å². The van der Waals surface area contributed by atoms with E-state index in [1.807, 2.05) is 13.0 Å². The van der Waals surface area contributed by atoms with Gasteiger partial charge in [-0.25, -0.2) is 8.42 Å². The molecule has 0 saturated carbocycles. The highest BCUT2D eigenvalue weighted by Crippen LogP contribution is 2.27. The minimum Gasteiger partial charge on any atom is -0.467 e. The summed E-state index contributed by atoms with van der Waals surface area (Å²) in [5.41, 5.74) is 2.59. The van der Waals surface area contributed by atoms with Gasteiger partial charge in [0.2, 0.25) is 0 Å². The molecular weight excluding hydrogens is 514 g/mol. The van der Waals surface area contributed by atoms with E-state index in [4.69, 9.17) is 16.0 Å². The summed E-state index contributed by atoms with van der Waals surface area (Å²) in [5.74, 6) is -0.435. The number of rotatable bonds is 8. The molecule has 0 spiro atoms. The fraction of sp³-hybridized carbons (Fsp3) is 0.111. The van der Waals surface area contributed by atoms with E-state index in [2.05, 4.69) is 15.4 Å². The second-order valence-electron chi connectivity index (χ2n) is 8.33. The lowest BCUT2D eigenvalue weighted by Gasteiger charge is -2.14. The second-order valence-corrected chi connectivity index (χ2v) is 10.4. The maximum atomic E-state index is 13.1. The van der Waals surface area contributed by atoms with Crippen LogP contribution < -0.4 is 15.4 Å². The third-order valence-electron chi connectivity index (χ3n) is 5.54. The van der Waals surface area contributed by atoms with E-state index in [1.54, 1.807) is 55.5 Å². The van der Waals surface area contributed by atoms with Crippen LogP contribution in [-0.2, 0) is 16.6 Å². The van der Waals surface area contributed by atoms with Crippen LogP contribution in [0.1, 0.15) is 37.6 Å². The van der Waals surface area contributed by atoms with Gasteiger partial charge in [-0.15, -0.1) is 0 Å². The molecule has 3 aromatic carbocycles. The van der Waals surface area contributed by atoms with E-state index < -0.39 is 21.8 Å². The minimum absolute atomic E-state index is 0.0351. The molecule has 0 aliphatic heterocycles. The molecule has 4 rings (SSSR count). The number of carbonyl (C=O) groups is 2. The van der Waals surface area contributed by atoms with Crippen molar-refractivity contribution in [2.75, 3.05) is 10.0 Å². The normalized spacial score (nSPS) is 11.1. The maximum Gasteiger partial charge on any atom is 0.263 e. The Labute approximate surface area is 219 Å². The summed E-state index contributed by atoms with van der Waals surface area (Å²) in [6.45, 7) is 3.81. The van der Waals surface area contributed by atoms with Crippen LogP contribution in [0.3, 0.4) is 0 Å². The number of nitrogens with one attached hydrogen (secondary N) is 3. The third kappa shape index (κ3) is 6.19. The summed E-state index contributed by atoms with van der Waals surface area (Å²) in [6, 6.07) is 19.3. The summed E-state index contributed by atoms with van der Waals surface area (Å²) < 4.78 is 34.1. The van der Waals surface area contributed by atoms with E-state index in [0.29, 0.717) is 11.4 Å². The van der Waals surface area contributed by atoms with Crippen LogP contribution in [0, 0.1) is 13.8 Å². The summed E-state index contributed by atoms with van der Waals surface area (Å²) in [7, 11) is -4.10. The van der Waals surface area contributed by atoms with E-state index in [9.17, 15) is 18.0 Å². The van der Waals surface area contributed by atoms with Gasteiger partial charge in [0, 0.05) is 5.56 Å². The van der Waals surface area contributed by atoms with Gasteiger partial charge in [0.1, 0.15) is 10.7 Å². The third-order valence-corrected chi connectivity index (χ3v) is 7.39. The number of hydrogen-bond acceptors (Lipinski definition) is 5. The van der Waals surface area contributed by atoms with Crippen molar-refractivity contribution < 1.29 is 22.4 Å². The van der Waals surface area contributed by atoms with Gasteiger partial charge in [0.05, 0.1) is 34.8 Å². The van der Waals surface area contributed by atoms with Gasteiger partial charge in [-0.1, -0.05) is 35.9 Å².